The summed E-state index contributed by atoms with van der Waals surface area (Å²) in [5, 5.41) is 17.0. The van der Waals surface area contributed by atoms with E-state index in [0.717, 1.165) is 10.7 Å². The van der Waals surface area contributed by atoms with Crippen molar-refractivity contribution in [2.75, 3.05) is 47.7 Å². The van der Waals surface area contributed by atoms with Crippen LogP contribution >= 0.6 is 121 Å². The average molecular weight is 758 g/mol. The van der Waals surface area contributed by atoms with Crippen LogP contribution in [-0.4, -0.2) is 58.0 Å². The molecule has 1 fully saturated rings. The largest absolute Gasteiger partial charge is 0.424 e. The zero-order chi connectivity index (χ0) is 21.1. The molecular weight excluding hydrogens is 739 g/mol. The molecule has 0 atom stereocenters. The molecule has 0 amide bonds. The topological polar surface area (TPSA) is 93.1 Å². The second-order valence-corrected chi connectivity index (χ2v) is 16.7. The normalized spacial score (nSPS) is 18.8. The van der Waals surface area contributed by atoms with Crippen molar-refractivity contribution < 1.29 is 28.4 Å². The Bertz CT molecular complexity index is 439. The van der Waals surface area contributed by atoms with E-state index in [-0.39, 0.29) is 24.0 Å². The summed E-state index contributed by atoms with van der Waals surface area (Å²) in [5.41, 5.74) is -0.539. The molecule has 0 aromatic rings. The maximum atomic E-state index is 11.0. The molecule has 0 saturated carbocycles. The molecule has 6 nitrogen and oxygen atoms in total. The number of hydrogen-bond donors (Lipinski definition) is 2. The van der Waals surface area contributed by atoms with Gasteiger partial charge in [0.05, 0.1) is 26.4 Å². The van der Waals surface area contributed by atoms with Crippen LogP contribution in [0, 0.1) is 10.8 Å². The monoisotopic (exact) mass is 752 g/mol. The maximum absolute atomic E-state index is 11.0. The van der Waals surface area contributed by atoms with Gasteiger partial charge >= 0.3 is 12.1 Å². The van der Waals surface area contributed by atoms with Gasteiger partial charge in [0.15, 0.2) is 0 Å². The highest BCUT2D eigenvalue weighted by Crippen LogP contribution is 2.61. The van der Waals surface area contributed by atoms with E-state index in [0.29, 0.717) is 23.9 Å². The van der Waals surface area contributed by atoms with E-state index in [2.05, 4.69) is 97.4 Å². The number of hydrogen-bond acceptors (Lipinski definition) is 6. The van der Waals surface area contributed by atoms with Crippen LogP contribution in [0.4, 0.5) is 0 Å². The van der Waals surface area contributed by atoms with Gasteiger partial charge in [-0.3, -0.25) is 13.6 Å². The summed E-state index contributed by atoms with van der Waals surface area (Å²) in [4.78, 5) is 0. The van der Waals surface area contributed by atoms with E-state index in [9.17, 15) is 9.13 Å². The molecule has 0 aliphatic carbocycles. The van der Waals surface area contributed by atoms with Gasteiger partial charge in [-0.25, -0.2) is 4.57 Å². The number of aliphatic hydroxyl groups is 2. The minimum Gasteiger partial charge on any atom is -0.396 e. The van der Waals surface area contributed by atoms with E-state index in [1.54, 1.807) is 0 Å². The second-order valence-electron chi connectivity index (χ2n) is 5.23. The lowest BCUT2D eigenvalue weighted by molar-refractivity contribution is 0.0571. The first kappa shape index (κ1) is 31.6. The molecule has 1 aliphatic heterocycles. The lowest BCUT2D eigenvalue weighted by Crippen LogP contribution is -2.38. The Morgan fingerprint density at radius 2 is 1.31 bits per heavy atom. The molecule has 2 N–H and O–H groups in total. The zero-order valence-electron chi connectivity index (χ0n) is 13.1. The number of aliphatic hydroxyl groups excluding tert-OH is 2. The molecule has 160 valence electrons. The van der Waals surface area contributed by atoms with Crippen molar-refractivity contribution in [3.05, 3.63) is 0 Å². The lowest BCUT2D eigenvalue weighted by Gasteiger charge is -2.34. The Kier molecular flexibility index (Phi) is 18.5. The molecule has 0 unspecified atom stereocenters. The van der Waals surface area contributed by atoms with Gasteiger partial charge in [0.2, 0.25) is 0 Å². The van der Waals surface area contributed by atoms with Crippen molar-refractivity contribution in [3.8, 4) is 0 Å². The fourth-order valence-electron chi connectivity index (χ4n) is 0.952. The third-order valence-electron chi connectivity index (χ3n) is 2.85. The van der Waals surface area contributed by atoms with E-state index in [4.69, 9.17) is 30.5 Å². The zero-order valence-corrected chi connectivity index (χ0v) is 24.3. The smallest absolute Gasteiger partial charge is 0.396 e. The van der Waals surface area contributed by atoms with E-state index in [1.165, 1.54) is 0 Å². The maximum Gasteiger partial charge on any atom is 0.424 e. The van der Waals surface area contributed by atoms with Crippen LogP contribution in [-0.2, 0) is 18.2 Å². The first-order valence-electron chi connectivity index (χ1n) is 6.51. The van der Waals surface area contributed by atoms with Gasteiger partial charge in [0, 0.05) is 43.4 Å². The molecular formula is C10H18Br4Cl4O6P2. The van der Waals surface area contributed by atoms with Crippen LogP contribution < -0.4 is 0 Å². The molecule has 0 aromatic heterocycles. The number of halogens is 8. The highest BCUT2D eigenvalue weighted by atomic mass is 79.9. The summed E-state index contributed by atoms with van der Waals surface area (Å²) in [6.45, 7) is -2.56. The van der Waals surface area contributed by atoms with E-state index >= 15 is 0 Å². The Morgan fingerprint density at radius 3 is 1.46 bits per heavy atom. The van der Waals surface area contributed by atoms with E-state index < -0.39 is 12.1 Å². The summed E-state index contributed by atoms with van der Waals surface area (Å²) < 4.78 is 30.4. The fraction of sp³-hybridized carbons (Fsp3) is 1.00. The summed E-state index contributed by atoms with van der Waals surface area (Å²) in [6, 6.07) is 0. The molecule has 26 heavy (non-hydrogen) atoms. The highest BCUT2D eigenvalue weighted by molar-refractivity contribution is 9.10. The molecule has 1 aliphatic rings. The van der Waals surface area contributed by atoms with Gasteiger partial charge in [-0.1, -0.05) is 63.7 Å². The molecule has 0 aromatic carbocycles. The summed E-state index contributed by atoms with van der Waals surface area (Å²) in [7, 11) is 0. The van der Waals surface area contributed by atoms with Gasteiger partial charge in [-0.2, -0.15) is 0 Å². The van der Waals surface area contributed by atoms with Crippen LogP contribution in [0.3, 0.4) is 0 Å². The Balaban J connectivity index is 0. The highest BCUT2D eigenvalue weighted by Gasteiger charge is 2.40. The molecule has 16 heteroatoms. The second kappa shape index (κ2) is 15.2. The predicted octanol–water partition coefficient (Wildman–Crippen LogP) is 6.71. The van der Waals surface area contributed by atoms with Crippen molar-refractivity contribution in [3.63, 3.8) is 0 Å². The van der Waals surface area contributed by atoms with Crippen LogP contribution in [0.25, 0.3) is 0 Å². The third kappa shape index (κ3) is 15.2. The molecule has 0 spiro atoms. The summed E-state index contributed by atoms with van der Waals surface area (Å²) in [5.74, 6) is 0. The Hall–Kier alpha value is 3.38. The van der Waals surface area contributed by atoms with Gasteiger partial charge in [-0.05, 0) is 33.7 Å². The minimum atomic E-state index is -3.26. The summed E-state index contributed by atoms with van der Waals surface area (Å²) >= 11 is 32.3. The standard InChI is InChI=1S/C5H8Br2ClO3P.C5H10Br2O2.Cl3OP/c6-1-5(2-7)3-10-12(8,9)11-4-5;6-1-5(2-7,3-8)4-9;1-5(2,3)4/h1-4H2;8-9H,1-4H2;. The first-order valence-corrected chi connectivity index (χ1v) is 17.9. The predicted molar refractivity (Wildman–Crippen MR) is 125 cm³/mol. The number of alkyl halides is 4. The molecule has 0 bridgehead atoms. The van der Waals surface area contributed by atoms with E-state index in [1.807, 2.05) is 0 Å². The Labute approximate surface area is 205 Å². The quantitative estimate of drug-likeness (QED) is 0.231. The minimum absolute atomic E-state index is 0. The fourth-order valence-corrected chi connectivity index (χ4v) is 5.39. The van der Waals surface area contributed by atoms with Crippen molar-refractivity contribution in [1.82, 2.24) is 0 Å². The molecule has 1 saturated heterocycles. The Morgan fingerprint density at radius 1 is 1.00 bits per heavy atom. The van der Waals surface area contributed by atoms with Crippen LogP contribution in [0.5, 0.6) is 0 Å². The van der Waals surface area contributed by atoms with Crippen LogP contribution in [0.15, 0.2) is 0 Å². The van der Waals surface area contributed by atoms with Gasteiger partial charge in [-0.15, -0.1) is 0 Å². The SMILES string of the molecule is O=P(Cl)(Cl)Cl.O=P1(Cl)OCC(CBr)(CBr)CO1.OCC(CO)(CBr)CBr. The lowest BCUT2D eigenvalue weighted by atomic mass is 9.96. The molecule has 0 radical (unpaired) electrons. The van der Waals surface area contributed by atoms with Crippen molar-refractivity contribution in [1.29, 1.82) is 0 Å². The average Bonchev–Trinajstić information content (AvgIpc) is 2.57. The third-order valence-corrected chi connectivity index (χ3v) is 9.07. The van der Waals surface area contributed by atoms with Crippen molar-refractivity contribution in [2.45, 2.75) is 0 Å². The number of rotatable bonds is 6. The summed E-state index contributed by atoms with van der Waals surface area (Å²) in [6.07, 6.45) is 0. The first-order chi connectivity index (χ1) is 11.8. The molecule has 1 heterocycles. The van der Waals surface area contributed by atoms with Gasteiger partial charge in [0.1, 0.15) is 0 Å². The van der Waals surface area contributed by atoms with Gasteiger partial charge in [0.25, 0.3) is 0 Å². The van der Waals surface area contributed by atoms with Crippen LogP contribution in [0.1, 0.15) is 0 Å². The van der Waals surface area contributed by atoms with Crippen molar-refractivity contribution in [2.24, 2.45) is 10.8 Å². The van der Waals surface area contributed by atoms with Crippen molar-refractivity contribution >= 4 is 121 Å². The van der Waals surface area contributed by atoms with Crippen LogP contribution in [0.2, 0.25) is 0 Å². The molecule has 1 rings (SSSR count). The van der Waals surface area contributed by atoms with Gasteiger partial charge < -0.3 is 10.2 Å².